The van der Waals surface area contributed by atoms with Crippen molar-refractivity contribution in [2.45, 2.75) is 43.7 Å². The van der Waals surface area contributed by atoms with Crippen LogP contribution in [0.25, 0.3) is 0 Å². The number of aliphatic hydroxyl groups excluding tert-OH is 1. The van der Waals surface area contributed by atoms with E-state index in [9.17, 15) is 5.11 Å². The number of fused-ring (bicyclic) bond motifs is 1. The van der Waals surface area contributed by atoms with Crippen molar-refractivity contribution in [3.8, 4) is 11.5 Å². The SMILES string of the molecule is COc1cc2c(cc1OC)C[C@H](O)[C@@H](NCCCC(c1ccccc1)c1ccccc1)C2. The van der Waals surface area contributed by atoms with E-state index in [1.807, 2.05) is 6.07 Å². The first-order chi connectivity index (χ1) is 15.7. The summed E-state index contributed by atoms with van der Waals surface area (Å²) < 4.78 is 10.9. The van der Waals surface area contributed by atoms with Gasteiger partial charge in [0.15, 0.2) is 11.5 Å². The van der Waals surface area contributed by atoms with E-state index in [-0.39, 0.29) is 6.04 Å². The molecule has 1 aliphatic rings. The van der Waals surface area contributed by atoms with Gasteiger partial charge in [-0.1, -0.05) is 60.7 Å². The van der Waals surface area contributed by atoms with Crippen LogP contribution in [0.2, 0.25) is 0 Å². The number of aliphatic hydroxyl groups is 1. The number of benzene rings is 3. The van der Waals surface area contributed by atoms with Gasteiger partial charge in [-0.2, -0.15) is 0 Å². The van der Waals surface area contributed by atoms with Crippen LogP contribution in [0.1, 0.15) is 41.0 Å². The van der Waals surface area contributed by atoms with E-state index in [0.717, 1.165) is 42.9 Å². The summed E-state index contributed by atoms with van der Waals surface area (Å²) in [7, 11) is 3.31. The summed E-state index contributed by atoms with van der Waals surface area (Å²) in [5.41, 5.74) is 5.07. The highest BCUT2D eigenvalue weighted by Gasteiger charge is 2.28. The highest BCUT2D eigenvalue weighted by Crippen LogP contribution is 2.34. The van der Waals surface area contributed by atoms with Crippen LogP contribution in [0.5, 0.6) is 11.5 Å². The summed E-state index contributed by atoms with van der Waals surface area (Å²) in [4.78, 5) is 0. The third-order valence-electron chi connectivity index (χ3n) is 6.52. The second kappa shape index (κ2) is 10.7. The Hall–Kier alpha value is -2.82. The molecule has 0 aliphatic heterocycles. The second-order valence-corrected chi connectivity index (χ2v) is 8.53. The van der Waals surface area contributed by atoms with E-state index < -0.39 is 6.10 Å². The number of rotatable bonds is 9. The fraction of sp³-hybridized carbons (Fsp3) is 0.357. The van der Waals surface area contributed by atoms with Gasteiger partial charge in [0.25, 0.3) is 0 Å². The van der Waals surface area contributed by atoms with Crippen LogP contribution in [0, 0.1) is 0 Å². The average Bonchev–Trinajstić information content (AvgIpc) is 2.84. The summed E-state index contributed by atoms with van der Waals surface area (Å²) in [5.74, 6) is 1.85. The maximum absolute atomic E-state index is 10.7. The topological polar surface area (TPSA) is 50.7 Å². The zero-order valence-electron chi connectivity index (χ0n) is 19.0. The lowest BCUT2D eigenvalue weighted by atomic mass is 9.85. The molecule has 0 unspecified atom stereocenters. The van der Waals surface area contributed by atoms with Crippen molar-refractivity contribution in [2.24, 2.45) is 0 Å². The van der Waals surface area contributed by atoms with E-state index in [1.165, 1.54) is 16.7 Å². The first-order valence-electron chi connectivity index (χ1n) is 11.4. The molecule has 0 amide bonds. The van der Waals surface area contributed by atoms with Gasteiger partial charge in [0.05, 0.1) is 20.3 Å². The van der Waals surface area contributed by atoms with Crippen molar-refractivity contribution in [3.05, 3.63) is 95.1 Å². The molecule has 0 bridgehead atoms. The van der Waals surface area contributed by atoms with Crippen molar-refractivity contribution in [2.75, 3.05) is 20.8 Å². The molecule has 32 heavy (non-hydrogen) atoms. The molecule has 3 aromatic carbocycles. The molecule has 3 aromatic rings. The van der Waals surface area contributed by atoms with Gasteiger partial charge in [0.2, 0.25) is 0 Å². The number of nitrogens with one attached hydrogen (secondary N) is 1. The number of ether oxygens (including phenoxy) is 2. The zero-order chi connectivity index (χ0) is 22.3. The Bertz CT molecular complexity index is 951. The molecule has 1 aliphatic carbocycles. The van der Waals surface area contributed by atoms with Gasteiger partial charge in [0, 0.05) is 18.4 Å². The summed E-state index contributed by atoms with van der Waals surface area (Å²) in [6.07, 6.45) is 3.11. The van der Waals surface area contributed by atoms with Crippen LogP contribution in [-0.4, -0.2) is 38.0 Å². The van der Waals surface area contributed by atoms with Crippen LogP contribution in [-0.2, 0) is 12.8 Å². The highest BCUT2D eigenvalue weighted by atomic mass is 16.5. The lowest BCUT2D eigenvalue weighted by Gasteiger charge is -2.31. The van der Waals surface area contributed by atoms with Gasteiger partial charge in [-0.25, -0.2) is 0 Å². The standard InChI is InChI=1S/C28H33NO3/c1-31-27-18-22-16-25(26(30)17-23(22)19-28(27)32-2)29-15-9-14-24(20-10-5-3-6-11-20)21-12-7-4-8-13-21/h3-8,10-13,18-19,24-26,29-30H,9,14-17H2,1-2H3/t25-,26-/m0/s1. The number of hydrogen-bond donors (Lipinski definition) is 2. The molecule has 4 rings (SSSR count). The summed E-state index contributed by atoms with van der Waals surface area (Å²) in [5, 5.41) is 14.4. The Morgan fingerprint density at radius 3 is 1.91 bits per heavy atom. The quantitative estimate of drug-likeness (QED) is 0.481. The maximum Gasteiger partial charge on any atom is 0.161 e. The Balaban J connectivity index is 1.37. The lowest BCUT2D eigenvalue weighted by molar-refractivity contribution is 0.119. The first-order valence-corrected chi connectivity index (χ1v) is 11.4. The predicted octanol–water partition coefficient (Wildman–Crippen LogP) is 4.73. The Labute approximate surface area is 191 Å². The van der Waals surface area contributed by atoms with Crippen molar-refractivity contribution in [1.29, 1.82) is 0 Å². The molecule has 4 nitrogen and oxygen atoms in total. The van der Waals surface area contributed by atoms with Crippen molar-refractivity contribution in [1.82, 2.24) is 5.32 Å². The van der Waals surface area contributed by atoms with Crippen LogP contribution in [0.3, 0.4) is 0 Å². The molecule has 4 heteroatoms. The van der Waals surface area contributed by atoms with Gasteiger partial charge < -0.3 is 19.9 Å². The fourth-order valence-electron chi connectivity index (χ4n) is 4.78. The molecule has 0 fully saturated rings. The van der Waals surface area contributed by atoms with E-state index in [1.54, 1.807) is 14.2 Å². The summed E-state index contributed by atoms with van der Waals surface area (Å²) >= 11 is 0. The second-order valence-electron chi connectivity index (χ2n) is 8.53. The van der Waals surface area contributed by atoms with Crippen molar-refractivity contribution in [3.63, 3.8) is 0 Å². The van der Waals surface area contributed by atoms with Crippen molar-refractivity contribution < 1.29 is 14.6 Å². The number of methoxy groups -OCH3 is 2. The van der Waals surface area contributed by atoms with Crippen LogP contribution in [0.15, 0.2) is 72.8 Å². The molecule has 0 saturated heterocycles. The maximum atomic E-state index is 10.7. The van der Waals surface area contributed by atoms with Gasteiger partial charge in [-0.05, 0) is 60.2 Å². The van der Waals surface area contributed by atoms with Crippen molar-refractivity contribution >= 4 is 0 Å². The third-order valence-corrected chi connectivity index (χ3v) is 6.52. The number of hydrogen-bond acceptors (Lipinski definition) is 4. The minimum absolute atomic E-state index is 0.0486. The normalized spacial score (nSPS) is 17.8. The summed E-state index contributed by atoms with van der Waals surface area (Å²) in [6.45, 7) is 0.876. The van der Waals surface area contributed by atoms with Crippen LogP contribution in [0.4, 0.5) is 0 Å². The van der Waals surface area contributed by atoms with E-state index in [0.29, 0.717) is 12.3 Å². The summed E-state index contributed by atoms with van der Waals surface area (Å²) in [6, 6.07) is 25.6. The highest BCUT2D eigenvalue weighted by molar-refractivity contribution is 5.49. The lowest BCUT2D eigenvalue weighted by Crippen LogP contribution is -2.45. The van der Waals surface area contributed by atoms with E-state index >= 15 is 0 Å². The van der Waals surface area contributed by atoms with Crippen LogP contribution < -0.4 is 14.8 Å². The van der Waals surface area contributed by atoms with Gasteiger partial charge in [-0.3, -0.25) is 0 Å². The Kier molecular flexibility index (Phi) is 7.46. The molecule has 168 valence electrons. The van der Waals surface area contributed by atoms with E-state index in [2.05, 4.69) is 72.0 Å². The largest absolute Gasteiger partial charge is 0.493 e. The van der Waals surface area contributed by atoms with Gasteiger partial charge in [0.1, 0.15) is 0 Å². The minimum atomic E-state index is -0.403. The zero-order valence-corrected chi connectivity index (χ0v) is 19.0. The van der Waals surface area contributed by atoms with Gasteiger partial charge >= 0.3 is 0 Å². The molecular weight excluding hydrogens is 398 g/mol. The molecule has 0 heterocycles. The van der Waals surface area contributed by atoms with Crippen LogP contribution >= 0.6 is 0 Å². The monoisotopic (exact) mass is 431 g/mol. The van der Waals surface area contributed by atoms with Gasteiger partial charge in [-0.15, -0.1) is 0 Å². The fourth-order valence-corrected chi connectivity index (χ4v) is 4.78. The molecule has 2 atom stereocenters. The average molecular weight is 432 g/mol. The Morgan fingerprint density at radius 2 is 1.38 bits per heavy atom. The molecule has 0 spiro atoms. The molecule has 0 aromatic heterocycles. The minimum Gasteiger partial charge on any atom is -0.493 e. The smallest absolute Gasteiger partial charge is 0.161 e. The molecule has 2 N–H and O–H groups in total. The Morgan fingerprint density at radius 1 is 0.844 bits per heavy atom. The molecule has 0 saturated carbocycles. The molecular formula is C28H33NO3. The first kappa shape index (κ1) is 22.4. The third kappa shape index (κ3) is 5.14. The van der Waals surface area contributed by atoms with E-state index in [4.69, 9.17) is 9.47 Å². The predicted molar refractivity (Wildman–Crippen MR) is 129 cm³/mol. The molecule has 0 radical (unpaired) electrons.